The van der Waals surface area contributed by atoms with E-state index in [1.165, 1.54) is 5.56 Å². The van der Waals surface area contributed by atoms with Gasteiger partial charge < -0.3 is 14.3 Å². The van der Waals surface area contributed by atoms with Gasteiger partial charge in [0.15, 0.2) is 4.77 Å². The van der Waals surface area contributed by atoms with Gasteiger partial charge in [0.05, 0.1) is 18.7 Å². The van der Waals surface area contributed by atoms with E-state index in [0.29, 0.717) is 4.77 Å². The van der Waals surface area contributed by atoms with Crippen molar-refractivity contribution in [2.45, 2.75) is 13.0 Å². The Hall–Kier alpha value is -2.14. The number of nitrogens with zero attached hydrogens (tertiary/aromatic N) is 2. The lowest BCUT2D eigenvalue weighted by Crippen LogP contribution is -2.06. The van der Waals surface area contributed by atoms with Crippen molar-refractivity contribution in [3.63, 3.8) is 0 Å². The van der Waals surface area contributed by atoms with Crippen molar-refractivity contribution in [2.75, 3.05) is 7.11 Å². The summed E-state index contributed by atoms with van der Waals surface area (Å²) in [6.45, 7) is 2.12. The quantitative estimate of drug-likeness (QED) is 0.746. The minimum absolute atomic E-state index is 0.131. The third-order valence-electron chi connectivity index (χ3n) is 3.51. The van der Waals surface area contributed by atoms with Crippen LogP contribution in [0.3, 0.4) is 0 Å². The summed E-state index contributed by atoms with van der Waals surface area (Å²) in [5, 5.41) is 0. The first-order valence-electron chi connectivity index (χ1n) is 6.39. The number of methoxy groups -OCH3 is 1. The number of fused-ring (bicyclic) bond motifs is 1. The van der Waals surface area contributed by atoms with Gasteiger partial charge >= 0.3 is 0 Å². The van der Waals surface area contributed by atoms with Crippen LogP contribution in [0, 0.1) is 4.77 Å². The highest BCUT2D eigenvalue weighted by molar-refractivity contribution is 7.71. The second-order valence-corrected chi connectivity index (χ2v) is 5.00. The number of aromatic amines is 1. The van der Waals surface area contributed by atoms with E-state index in [-0.39, 0.29) is 6.04 Å². The van der Waals surface area contributed by atoms with Gasteiger partial charge in [-0.05, 0) is 49.0 Å². The van der Waals surface area contributed by atoms with Gasteiger partial charge in [0, 0.05) is 12.4 Å². The molecular formula is C15H15N3OS. The van der Waals surface area contributed by atoms with Gasteiger partial charge in [0.1, 0.15) is 11.3 Å². The third kappa shape index (κ3) is 2.00. The molecule has 0 fully saturated rings. The molecule has 4 nitrogen and oxygen atoms in total. The molecule has 1 unspecified atom stereocenters. The average Bonchev–Trinajstić information content (AvgIpc) is 2.83. The van der Waals surface area contributed by atoms with E-state index in [2.05, 4.69) is 21.5 Å². The zero-order valence-electron chi connectivity index (χ0n) is 11.3. The number of pyridine rings is 1. The lowest BCUT2D eigenvalue weighted by Gasteiger charge is -2.15. The van der Waals surface area contributed by atoms with E-state index < -0.39 is 0 Å². The molecule has 2 heterocycles. The van der Waals surface area contributed by atoms with Crippen LogP contribution >= 0.6 is 12.2 Å². The number of nitrogens with one attached hydrogen (secondary N) is 1. The Balaban J connectivity index is 2.22. The van der Waals surface area contributed by atoms with Crippen LogP contribution in [0.1, 0.15) is 18.5 Å². The molecule has 2 aromatic heterocycles. The summed E-state index contributed by atoms with van der Waals surface area (Å²) in [7, 11) is 1.66. The summed E-state index contributed by atoms with van der Waals surface area (Å²) in [4.78, 5) is 7.29. The summed E-state index contributed by atoms with van der Waals surface area (Å²) in [5.74, 6) is 0.800. The molecule has 0 amide bonds. The van der Waals surface area contributed by atoms with E-state index in [4.69, 9.17) is 17.0 Å². The van der Waals surface area contributed by atoms with Gasteiger partial charge in [0.25, 0.3) is 0 Å². The second kappa shape index (κ2) is 5.09. The van der Waals surface area contributed by atoms with Crippen molar-refractivity contribution in [1.29, 1.82) is 0 Å². The number of rotatable bonds is 3. The Kier molecular flexibility index (Phi) is 3.28. The first kappa shape index (κ1) is 12.9. The summed E-state index contributed by atoms with van der Waals surface area (Å²) in [6, 6.07) is 10.1. The number of ether oxygens (including phenoxy) is 1. The largest absolute Gasteiger partial charge is 0.494 e. The molecule has 1 aromatic carbocycles. The molecule has 0 spiro atoms. The number of hydrogen-bond donors (Lipinski definition) is 1. The Morgan fingerprint density at radius 2 is 2.00 bits per heavy atom. The highest BCUT2D eigenvalue weighted by atomic mass is 32.1. The van der Waals surface area contributed by atoms with Crippen molar-refractivity contribution in [3.8, 4) is 5.75 Å². The minimum atomic E-state index is 0.131. The van der Waals surface area contributed by atoms with E-state index in [1.807, 2.05) is 30.3 Å². The molecule has 102 valence electrons. The maximum Gasteiger partial charge on any atom is 0.178 e. The number of H-pyrrole nitrogens is 1. The Morgan fingerprint density at radius 3 is 2.70 bits per heavy atom. The molecule has 0 aliphatic rings. The standard InChI is InChI=1S/C15H15N3OS/c1-10(11-6-8-16-9-7-11)18-12-4-3-5-13(19-2)14(12)17-15(18)20/h3-10H,1-2H3,(H,17,20). The molecule has 0 aliphatic carbocycles. The fraction of sp³-hybridized carbons (Fsp3) is 0.200. The minimum Gasteiger partial charge on any atom is -0.494 e. The van der Waals surface area contributed by atoms with E-state index in [1.54, 1.807) is 19.5 Å². The molecule has 5 heteroatoms. The Labute approximate surface area is 122 Å². The highest BCUT2D eigenvalue weighted by Gasteiger charge is 2.14. The van der Waals surface area contributed by atoms with E-state index in [0.717, 1.165) is 16.8 Å². The summed E-state index contributed by atoms with van der Waals surface area (Å²) in [5.41, 5.74) is 3.14. The SMILES string of the molecule is COc1cccc2c1[nH]c(=S)n2C(C)c1ccncc1. The number of imidazole rings is 1. The molecule has 1 N–H and O–H groups in total. The van der Waals surface area contributed by atoms with Crippen molar-refractivity contribution in [1.82, 2.24) is 14.5 Å². The fourth-order valence-corrected chi connectivity index (χ4v) is 2.83. The lowest BCUT2D eigenvalue weighted by molar-refractivity contribution is 0.419. The summed E-state index contributed by atoms with van der Waals surface area (Å²) >= 11 is 5.47. The van der Waals surface area contributed by atoms with Crippen LogP contribution in [0.2, 0.25) is 0 Å². The highest BCUT2D eigenvalue weighted by Crippen LogP contribution is 2.29. The summed E-state index contributed by atoms with van der Waals surface area (Å²) in [6.07, 6.45) is 3.59. The molecular weight excluding hydrogens is 270 g/mol. The van der Waals surface area contributed by atoms with Crippen molar-refractivity contribution < 1.29 is 4.74 Å². The van der Waals surface area contributed by atoms with Crippen LogP contribution in [0.5, 0.6) is 5.75 Å². The number of hydrogen-bond acceptors (Lipinski definition) is 3. The zero-order valence-corrected chi connectivity index (χ0v) is 12.1. The normalized spacial score (nSPS) is 12.5. The van der Waals surface area contributed by atoms with Crippen LogP contribution in [-0.4, -0.2) is 21.6 Å². The molecule has 0 saturated carbocycles. The third-order valence-corrected chi connectivity index (χ3v) is 3.81. The lowest BCUT2D eigenvalue weighted by atomic mass is 10.1. The molecule has 0 radical (unpaired) electrons. The molecule has 3 aromatic rings. The molecule has 0 aliphatic heterocycles. The maximum atomic E-state index is 5.47. The van der Waals surface area contributed by atoms with E-state index >= 15 is 0 Å². The number of aromatic nitrogens is 3. The van der Waals surface area contributed by atoms with Gasteiger partial charge in [0.2, 0.25) is 0 Å². The second-order valence-electron chi connectivity index (χ2n) is 4.61. The van der Waals surface area contributed by atoms with Gasteiger partial charge in [-0.1, -0.05) is 6.07 Å². The Morgan fingerprint density at radius 1 is 1.25 bits per heavy atom. The predicted molar refractivity (Wildman–Crippen MR) is 81.7 cm³/mol. The molecule has 20 heavy (non-hydrogen) atoms. The number of para-hydroxylation sites is 1. The van der Waals surface area contributed by atoms with Gasteiger partial charge in [-0.25, -0.2) is 0 Å². The van der Waals surface area contributed by atoms with Crippen LogP contribution < -0.4 is 4.74 Å². The molecule has 0 saturated heterocycles. The van der Waals surface area contributed by atoms with Gasteiger partial charge in [-0.3, -0.25) is 4.98 Å². The van der Waals surface area contributed by atoms with Crippen LogP contribution in [0.15, 0.2) is 42.7 Å². The smallest absolute Gasteiger partial charge is 0.178 e. The van der Waals surface area contributed by atoms with Gasteiger partial charge in [-0.2, -0.15) is 0 Å². The van der Waals surface area contributed by atoms with Crippen LogP contribution in [0.25, 0.3) is 11.0 Å². The summed E-state index contributed by atoms with van der Waals surface area (Å²) < 4.78 is 8.17. The van der Waals surface area contributed by atoms with Crippen molar-refractivity contribution in [3.05, 3.63) is 53.1 Å². The first-order chi connectivity index (χ1) is 9.72. The van der Waals surface area contributed by atoms with Crippen LogP contribution in [0.4, 0.5) is 0 Å². The maximum absolute atomic E-state index is 5.47. The molecule has 0 bridgehead atoms. The first-order valence-corrected chi connectivity index (χ1v) is 6.80. The topological polar surface area (TPSA) is 42.8 Å². The van der Waals surface area contributed by atoms with E-state index in [9.17, 15) is 0 Å². The molecule has 1 atom stereocenters. The zero-order chi connectivity index (χ0) is 14.1. The van der Waals surface area contributed by atoms with Crippen molar-refractivity contribution in [2.24, 2.45) is 0 Å². The van der Waals surface area contributed by atoms with Gasteiger partial charge in [-0.15, -0.1) is 0 Å². The van der Waals surface area contributed by atoms with Crippen molar-refractivity contribution >= 4 is 23.3 Å². The average molecular weight is 285 g/mol. The Bertz CT molecular complexity index is 792. The predicted octanol–water partition coefficient (Wildman–Crippen LogP) is 3.71. The monoisotopic (exact) mass is 285 g/mol. The van der Waals surface area contributed by atoms with Crippen LogP contribution in [-0.2, 0) is 0 Å². The number of benzene rings is 1. The molecule has 3 rings (SSSR count). The fourth-order valence-electron chi connectivity index (χ4n) is 2.47.